The third kappa shape index (κ3) is 3.02. The van der Waals surface area contributed by atoms with Crippen LogP contribution in [-0.4, -0.2) is 21.3 Å². The minimum absolute atomic E-state index is 0.133. The van der Waals surface area contributed by atoms with Gasteiger partial charge in [0.15, 0.2) is 0 Å². The van der Waals surface area contributed by atoms with Crippen molar-refractivity contribution in [1.82, 2.24) is 15.1 Å². The number of benzene rings is 1. The van der Waals surface area contributed by atoms with Crippen LogP contribution >= 0.6 is 0 Å². The molecule has 1 aromatic carbocycles. The summed E-state index contributed by atoms with van der Waals surface area (Å²) in [5.41, 5.74) is 8.41. The van der Waals surface area contributed by atoms with Gasteiger partial charge in [0.2, 0.25) is 0 Å². The minimum Gasteiger partial charge on any atom is -0.487 e. The van der Waals surface area contributed by atoms with Crippen molar-refractivity contribution in [3.8, 4) is 5.75 Å². The van der Waals surface area contributed by atoms with Gasteiger partial charge in [0.1, 0.15) is 11.4 Å². The Hall–Kier alpha value is -2.50. The monoisotopic (exact) mass is 314 g/mol. The molecule has 6 heteroatoms. The molecule has 0 bridgehead atoms. The number of nitrogens with two attached hydrogens (primary N) is 1. The number of ether oxygens (including phenoxy) is 1. The summed E-state index contributed by atoms with van der Waals surface area (Å²) >= 11 is 0. The molecule has 0 saturated carbocycles. The lowest BCUT2D eigenvalue weighted by molar-refractivity contribution is 0.0620. The van der Waals surface area contributed by atoms with E-state index in [2.05, 4.69) is 10.4 Å². The Morgan fingerprint density at radius 1 is 1.48 bits per heavy atom. The second kappa shape index (κ2) is 5.30. The fourth-order valence-corrected chi connectivity index (χ4v) is 3.06. The van der Waals surface area contributed by atoms with Crippen molar-refractivity contribution in [1.29, 1.82) is 0 Å². The molecule has 1 aromatic heterocycles. The van der Waals surface area contributed by atoms with Gasteiger partial charge in [0.05, 0.1) is 17.3 Å². The number of nitrogen functional groups attached to an aromatic ring is 1. The first-order valence-corrected chi connectivity index (χ1v) is 7.65. The van der Waals surface area contributed by atoms with Gasteiger partial charge in [-0.1, -0.05) is 0 Å². The molecule has 6 nitrogen and oxygen atoms in total. The van der Waals surface area contributed by atoms with Crippen molar-refractivity contribution in [2.24, 2.45) is 7.05 Å². The predicted octanol–water partition coefficient (Wildman–Crippen LogP) is 2.34. The molecule has 2 aromatic rings. The summed E-state index contributed by atoms with van der Waals surface area (Å²) in [6.07, 6.45) is 2.41. The number of aromatic nitrogens is 2. The quantitative estimate of drug-likeness (QED) is 0.834. The number of hydrogen-bond donors (Lipinski definition) is 2. The van der Waals surface area contributed by atoms with Crippen molar-refractivity contribution < 1.29 is 9.53 Å². The van der Waals surface area contributed by atoms with Crippen molar-refractivity contribution >= 4 is 11.6 Å². The van der Waals surface area contributed by atoms with Crippen LogP contribution in [0.15, 0.2) is 24.4 Å². The molecule has 1 aliphatic rings. The highest BCUT2D eigenvalue weighted by molar-refractivity contribution is 5.95. The van der Waals surface area contributed by atoms with E-state index in [1.165, 1.54) is 0 Å². The SMILES string of the molecule is Cc1nn(C)cc1C(=O)NC1CC(C)(C)Oc2ccc(N)cc21. The van der Waals surface area contributed by atoms with Gasteiger partial charge in [-0.3, -0.25) is 9.48 Å². The summed E-state index contributed by atoms with van der Waals surface area (Å²) in [6, 6.07) is 5.39. The van der Waals surface area contributed by atoms with E-state index in [-0.39, 0.29) is 17.6 Å². The van der Waals surface area contributed by atoms with Crippen molar-refractivity contribution in [2.45, 2.75) is 38.8 Å². The number of hydrogen-bond acceptors (Lipinski definition) is 4. The van der Waals surface area contributed by atoms with Crippen LogP contribution in [0.25, 0.3) is 0 Å². The van der Waals surface area contributed by atoms with E-state index in [0.29, 0.717) is 23.4 Å². The van der Waals surface area contributed by atoms with Crippen LogP contribution in [0.2, 0.25) is 0 Å². The first kappa shape index (κ1) is 15.4. The number of aryl methyl sites for hydroxylation is 2. The molecule has 0 saturated heterocycles. The predicted molar refractivity (Wildman–Crippen MR) is 88.3 cm³/mol. The van der Waals surface area contributed by atoms with Gasteiger partial charge in [0.25, 0.3) is 5.91 Å². The second-order valence-corrected chi connectivity index (χ2v) is 6.69. The highest BCUT2D eigenvalue weighted by atomic mass is 16.5. The molecule has 0 fully saturated rings. The molecule has 1 amide bonds. The van der Waals surface area contributed by atoms with E-state index in [4.69, 9.17) is 10.5 Å². The fourth-order valence-electron chi connectivity index (χ4n) is 3.06. The number of rotatable bonds is 2. The van der Waals surface area contributed by atoms with Crippen LogP contribution in [0.1, 0.15) is 47.9 Å². The Bertz CT molecular complexity index is 764. The van der Waals surface area contributed by atoms with Crippen LogP contribution in [0.4, 0.5) is 5.69 Å². The molecule has 122 valence electrons. The summed E-state index contributed by atoms with van der Waals surface area (Å²) in [7, 11) is 1.80. The van der Waals surface area contributed by atoms with Crippen LogP contribution in [0.5, 0.6) is 5.75 Å². The lowest BCUT2D eigenvalue weighted by Gasteiger charge is -2.38. The van der Waals surface area contributed by atoms with Gasteiger partial charge < -0.3 is 15.8 Å². The Morgan fingerprint density at radius 3 is 2.87 bits per heavy atom. The van der Waals surface area contributed by atoms with E-state index in [0.717, 1.165) is 11.3 Å². The number of carbonyl (C=O) groups excluding carboxylic acids is 1. The number of carbonyl (C=O) groups is 1. The van der Waals surface area contributed by atoms with Gasteiger partial charge in [0, 0.05) is 30.9 Å². The van der Waals surface area contributed by atoms with Gasteiger partial charge in [-0.25, -0.2) is 0 Å². The summed E-state index contributed by atoms with van der Waals surface area (Å²) in [5.74, 6) is 0.635. The third-order valence-electron chi connectivity index (χ3n) is 4.05. The van der Waals surface area contributed by atoms with Crippen LogP contribution < -0.4 is 15.8 Å². The zero-order chi connectivity index (χ0) is 16.8. The Balaban J connectivity index is 1.92. The van der Waals surface area contributed by atoms with E-state index in [1.54, 1.807) is 17.9 Å². The minimum atomic E-state index is -0.356. The number of fused-ring (bicyclic) bond motifs is 1. The average molecular weight is 314 g/mol. The largest absolute Gasteiger partial charge is 0.487 e. The normalized spacial score (nSPS) is 18.9. The molecule has 2 heterocycles. The summed E-state index contributed by atoms with van der Waals surface area (Å²) in [6.45, 7) is 5.86. The van der Waals surface area contributed by atoms with Crippen LogP contribution in [0, 0.1) is 6.92 Å². The van der Waals surface area contributed by atoms with Crippen molar-refractivity contribution in [3.05, 3.63) is 41.2 Å². The summed E-state index contributed by atoms with van der Waals surface area (Å²) in [5, 5.41) is 7.32. The molecule has 0 spiro atoms. The van der Waals surface area contributed by atoms with Gasteiger partial charge >= 0.3 is 0 Å². The molecule has 3 N–H and O–H groups in total. The Morgan fingerprint density at radius 2 is 2.22 bits per heavy atom. The zero-order valence-electron chi connectivity index (χ0n) is 13.9. The first-order valence-electron chi connectivity index (χ1n) is 7.65. The van der Waals surface area contributed by atoms with Gasteiger partial charge in [-0.15, -0.1) is 0 Å². The second-order valence-electron chi connectivity index (χ2n) is 6.69. The van der Waals surface area contributed by atoms with E-state index >= 15 is 0 Å². The third-order valence-corrected chi connectivity index (χ3v) is 4.05. The number of anilines is 1. The lowest BCUT2D eigenvalue weighted by Crippen LogP contribution is -2.41. The smallest absolute Gasteiger partial charge is 0.255 e. The highest BCUT2D eigenvalue weighted by Gasteiger charge is 2.35. The molecule has 23 heavy (non-hydrogen) atoms. The molecule has 0 radical (unpaired) electrons. The maximum absolute atomic E-state index is 12.6. The van der Waals surface area contributed by atoms with E-state index in [1.807, 2.05) is 39.0 Å². The maximum Gasteiger partial charge on any atom is 0.255 e. The fraction of sp³-hybridized carbons (Fsp3) is 0.412. The van der Waals surface area contributed by atoms with Crippen molar-refractivity contribution in [3.63, 3.8) is 0 Å². The van der Waals surface area contributed by atoms with E-state index in [9.17, 15) is 4.79 Å². The van der Waals surface area contributed by atoms with Crippen molar-refractivity contribution in [2.75, 3.05) is 5.73 Å². The highest BCUT2D eigenvalue weighted by Crippen LogP contribution is 2.40. The molecule has 1 unspecified atom stereocenters. The number of nitrogens with one attached hydrogen (secondary N) is 1. The number of nitrogens with zero attached hydrogens (tertiary/aromatic N) is 2. The Kier molecular flexibility index (Phi) is 3.55. The molecular formula is C17H22N4O2. The molecule has 1 aliphatic heterocycles. The maximum atomic E-state index is 12.6. The summed E-state index contributed by atoms with van der Waals surface area (Å²) in [4.78, 5) is 12.6. The standard InChI is InChI=1S/C17H22N4O2/c1-10-13(9-21(4)20-10)16(22)19-14-8-17(2,3)23-15-6-5-11(18)7-12(14)15/h5-7,9,14H,8,18H2,1-4H3,(H,19,22). The van der Waals surface area contributed by atoms with Gasteiger partial charge in [-0.2, -0.15) is 5.10 Å². The molecular weight excluding hydrogens is 292 g/mol. The average Bonchev–Trinajstić information content (AvgIpc) is 2.78. The van der Waals surface area contributed by atoms with Gasteiger partial charge in [-0.05, 0) is 39.0 Å². The number of amides is 1. The first-order chi connectivity index (χ1) is 10.7. The molecule has 1 atom stereocenters. The topological polar surface area (TPSA) is 82.2 Å². The molecule has 0 aliphatic carbocycles. The zero-order valence-corrected chi connectivity index (χ0v) is 13.9. The summed E-state index contributed by atoms with van der Waals surface area (Å²) < 4.78 is 7.64. The van der Waals surface area contributed by atoms with Crippen LogP contribution in [0.3, 0.4) is 0 Å². The Labute approximate surface area is 135 Å². The lowest BCUT2D eigenvalue weighted by atomic mass is 9.89. The van der Waals surface area contributed by atoms with Crippen LogP contribution in [-0.2, 0) is 7.05 Å². The molecule has 3 rings (SSSR count). The van der Waals surface area contributed by atoms with E-state index < -0.39 is 0 Å².